The molecule has 98 valence electrons. The molecule has 1 rings (SSSR count). The summed E-state index contributed by atoms with van der Waals surface area (Å²) in [6.45, 7) is 0. The molecule has 0 radical (unpaired) electrons. The first-order valence-corrected chi connectivity index (χ1v) is 6.57. The van der Waals surface area contributed by atoms with E-state index in [0.29, 0.717) is 24.3 Å². The summed E-state index contributed by atoms with van der Waals surface area (Å²) in [6.07, 6.45) is 2.95. The molecule has 0 aliphatic rings. The molecule has 0 saturated carbocycles. The molecule has 0 aliphatic heterocycles. The number of carboxylic acid groups (broad SMARTS) is 1. The van der Waals surface area contributed by atoms with E-state index in [1.165, 1.54) is 0 Å². The lowest BCUT2D eigenvalue weighted by Gasteiger charge is -2.03. The number of aliphatic carboxylic acids is 1. The molecule has 0 atom stereocenters. The van der Waals surface area contributed by atoms with Crippen molar-refractivity contribution < 1.29 is 14.7 Å². The Labute approximate surface area is 112 Å². The van der Waals surface area contributed by atoms with Crippen molar-refractivity contribution in [2.75, 3.05) is 5.88 Å². The van der Waals surface area contributed by atoms with Crippen LogP contribution in [0.5, 0.6) is 0 Å². The average Bonchev–Trinajstić information content (AvgIpc) is 2.35. The number of halogens is 1. The predicted molar refractivity (Wildman–Crippen MR) is 71.3 cm³/mol. The van der Waals surface area contributed by atoms with Gasteiger partial charge in [0.1, 0.15) is 0 Å². The van der Waals surface area contributed by atoms with Gasteiger partial charge in [-0.3, -0.25) is 9.59 Å². The summed E-state index contributed by atoms with van der Waals surface area (Å²) < 4.78 is 0. The molecule has 0 heterocycles. The fourth-order valence-corrected chi connectivity index (χ4v) is 1.86. The minimum absolute atomic E-state index is 0.0578. The second-order valence-corrected chi connectivity index (χ2v) is 4.54. The summed E-state index contributed by atoms with van der Waals surface area (Å²) in [7, 11) is 0. The lowest BCUT2D eigenvalue weighted by molar-refractivity contribution is -0.137. The zero-order valence-electron chi connectivity index (χ0n) is 10.2. The largest absolute Gasteiger partial charge is 0.481 e. The molecule has 0 saturated heterocycles. The molecule has 0 amide bonds. The van der Waals surface area contributed by atoms with Crippen molar-refractivity contribution in [2.24, 2.45) is 0 Å². The van der Waals surface area contributed by atoms with Crippen LogP contribution in [-0.4, -0.2) is 22.7 Å². The van der Waals surface area contributed by atoms with Crippen molar-refractivity contribution in [3.63, 3.8) is 0 Å². The van der Waals surface area contributed by atoms with Crippen LogP contribution in [-0.2, 0) is 11.2 Å². The SMILES string of the molecule is O=C(O)CCCCc1ccc(C(=O)CCCl)cc1. The van der Waals surface area contributed by atoms with Gasteiger partial charge in [0, 0.05) is 24.3 Å². The number of carbonyl (C=O) groups excluding carboxylic acids is 1. The Hall–Kier alpha value is -1.35. The number of carboxylic acids is 1. The van der Waals surface area contributed by atoms with Crippen LogP contribution in [0.2, 0.25) is 0 Å². The van der Waals surface area contributed by atoms with Gasteiger partial charge in [0.05, 0.1) is 0 Å². The zero-order chi connectivity index (χ0) is 13.4. The van der Waals surface area contributed by atoms with Crippen LogP contribution in [0.15, 0.2) is 24.3 Å². The van der Waals surface area contributed by atoms with Gasteiger partial charge in [-0.2, -0.15) is 0 Å². The number of carbonyl (C=O) groups is 2. The molecule has 0 unspecified atom stereocenters. The van der Waals surface area contributed by atoms with Crippen LogP contribution < -0.4 is 0 Å². The number of hydrogen-bond donors (Lipinski definition) is 1. The van der Waals surface area contributed by atoms with Crippen molar-refractivity contribution in [3.05, 3.63) is 35.4 Å². The number of ketones is 1. The Bertz CT molecular complexity index is 398. The summed E-state index contributed by atoms with van der Waals surface area (Å²) in [5, 5.41) is 8.51. The third-order valence-corrected chi connectivity index (χ3v) is 2.89. The minimum Gasteiger partial charge on any atom is -0.481 e. The van der Waals surface area contributed by atoms with E-state index in [0.717, 1.165) is 18.4 Å². The van der Waals surface area contributed by atoms with Crippen LogP contribution in [0.1, 0.15) is 41.6 Å². The summed E-state index contributed by atoms with van der Waals surface area (Å²) in [5.74, 6) is -0.352. The first-order valence-electron chi connectivity index (χ1n) is 6.03. The highest BCUT2D eigenvalue weighted by molar-refractivity contribution is 6.19. The number of benzene rings is 1. The van der Waals surface area contributed by atoms with Crippen LogP contribution in [0.25, 0.3) is 0 Å². The van der Waals surface area contributed by atoms with Gasteiger partial charge in [0.25, 0.3) is 0 Å². The van der Waals surface area contributed by atoms with Gasteiger partial charge in [-0.25, -0.2) is 0 Å². The molecule has 4 heteroatoms. The summed E-state index contributed by atoms with van der Waals surface area (Å²) >= 11 is 5.52. The van der Waals surface area contributed by atoms with E-state index >= 15 is 0 Å². The zero-order valence-corrected chi connectivity index (χ0v) is 10.9. The number of Topliss-reactive ketones (excluding diaryl/α,β-unsaturated/α-hetero) is 1. The number of rotatable bonds is 8. The Balaban J connectivity index is 2.40. The highest BCUT2D eigenvalue weighted by Gasteiger charge is 2.04. The lowest BCUT2D eigenvalue weighted by atomic mass is 10.0. The van der Waals surface area contributed by atoms with Gasteiger partial charge in [-0.05, 0) is 24.8 Å². The Morgan fingerprint density at radius 2 is 1.72 bits per heavy atom. The molecule has 1 N–H and O–H groups in total. The maximum absolute atomic E-state index is 11.5. The van der Waals surface area contributed by atoms with Gasteiger partial charge in [-0.15, -0.1) is 11.6 Å². The number of hydrogen-bond acceptors (Lipinski definition) is 2. The molecule has 1 aromatic rings. The standard InChI is InChI=1S/C14H17ClO3/c15-10-9-13(16)12-7-5-11(6-8-12)3-1-2-4-14(17)18/h5-8H,1-4,9-10H2,(H,17,18). The van der Waals surface area contributed by atoms with Gasteiger partial charge in [-0.1, -0.05) is 24.3 Å². The monoisotopic (exact) mass is 268 g/mol. The lowest BCUT2D eigenvalue weighted by Crippen LogP contribution is -2.00. The van der Waals surface area contributed by atoms with E-state index in [2.05, 4.69) is 0 Å². The van der Waals surface area contributed by atoms with Gasteiger partial charge >= 0.3 is 5.97 Å². The van der Waals surface area contributed by atoms with E-state index in [4.69, 9.17) is 16.7 Å². The summed E-state index contributed by atoms with van der Waals surface area (Å²) in [5.41, 5.74) is 1.81. The molecule has 0 aromatic heterocycles. The van der Waals surface area contributed by atoms with Crippen molar-refractivity contribution in [3.8, 4) is 0 Å². The van der Waals surface area contributed by atoms with Crippen LogP contribution in [0, 0.1) is 0 Å². The van der Waals surface area contributed by atoms with Crippen molar-refractivity contribution >= 4 is 23.4 Å². The van der Waals surface area contributed by atoms with Crippen molar-refractivity contribution in [1.82, 2.24) is 0 Å². The Morgan fingerprint density at radius 1 is 1.06 bits per heavy atom. The highest BCUT2D eigenvalue weighted by atomic mass is 35.5. The van der Waals surface area contributed by atoms with Crippen molar-refractivity contribution in [2.45, 2.75) is 32.1 Å². The van der Waals surface area contributed by atoms with Crippen LogP contribution >= 0.6 is 11.6 Å². The van der Waals surface area contributed by atoms with Gasteiger partial charge in [0.15, 0.2) is 5.78 Å². The number of alkyl halides is 1. The maximum Gasteiger partial charge on any atom is 0.303 e. The van der Waals surface area contributed by atoms with Gasteiger partial charge < -0.3 is 5.11 Å². The first-order chi connectivity index (χ1) is 8.63. The third kappa shape index (κ3) is 5.32. The molecule has 0 aliphatic carbocycles. The summed E-state index contributed by atoms with van der Waals surface area (Å²) in [6, 6.07) is 7.45. The smallest absolute Gasteiger partial charge is 0.303 e. The fraction of sp³-hybridized carbons (Fsp3) is 0.429. The van der Waals surface area contributed by atoms with E-state index < -0.39 is 5.97 Å². The van der Waals surface area contributed by atoms with Gasteiger partial charge in [0.2, 0.25) is 0 Å². The topological polar surface area (TPSA) is 54.4 Å². The van der Waals surface area contributed by atoms with E-state index in [-0.39, 0.29) is 12.2 Å². The molecule has 0 bridgehead atoms. The molecule has 0 fully saturated rings. The Morgan fingerprint density at radius 3 is 2.28 bits per heavy atom. The van der Waals surface area contributed by atoms with E-state index in [1.54, 1.807) is 12.1 Å². The molecular formula is C14H17ClO3. The minimum atomic E-state index is -0.753. The normalized spacial score (nSPS) is 10.3. The second-order valence-electron chi connectivity index (χ2n) is 4.16. The number of aryl methyl sites for hydroxylation is 1. The van der Waals surface area contributed by atoms with Crippen LogP contribution in [0.3, 0.4) is 0 Å². The maximum atomic E-state index is 11.5. The first kappa shape index (κ1) is 14.7. The average molecular weight is 269 g/mol. The second kappa shape index (κ2) is 7.88. The third-order valence-electron chi connectivity index (χ3n) is 2.70. The van der Waals surface area contributed by atoms with Crippen molar-refractivity contribution in [1.29, 1.82) is 0 Å². The molecular weight excluding hydrogens is 252 g/mol. The summed E-state index contributed by atoms with van der Waals surface area (Å²) in [4.78, 5) is 21.9. The van der Waals surface area contributed by atoms with Crippen LogP contribution in [0.4, 0.5) is 0 Å². The molecule has 1 aromatic carbocycles. The molecule has 3 nitrogen and oxygen atoms in total. The predicted octanol–water partition coefficient (Wildman–Crippen LogP) is 3.30. The fourth-order valence-electron chi connectivity index (χ4n) is 1.69. The van der Waals surface area contributed by atoms with E-state index in [9.17, 15) is 9.59 Å². The highest BCUT2D eigenvalue weighted by Crippen LogP contribution is 2.10. The van der Waals surface area contributed by atoms with E-state index in [1.807, 2.05) is 12.1 Å². The molecule has 18 heavy (non-hydrogen) atoms. The Kier molecular flexibility index (Phi) is 6.44. The quantitative estimate of drug-likeness (QED) is 0.447. The molecule has 0 spiro atoms. The number of unbranched alkanes of at least 4 members (excludes halogenated alkanes) is 1.